The Labute approximate surface area is 107 Å². The monoisotopic (exact) mass is 253 g/mol. The van der Waals surface area contributed by atoms with Crippen molar-refractivity contribution in [1.29, 1.82) is 0 Å². The third-order valence-electron chi connectivity index (χ3n) is 2.34. The third kappa shape index (κ3) is 3.39. The number of nitrogens with two attached hydrogens (primary N) is 1. The van der Waals surface area contributed by atoms with E-state index in [-0.39, 0.29) is 12.4 Å². The molecule has 1 aromatic heterocycles. The van der Waals surface area contributed by atoms with Crippen molar-refractivity contribution in [2.24, 2.45) is 0 Å². The molecule has 92 valence electrons. The second-order valence-electron chi connectivity index (χ2n) is 3.86. The Morgan fingerprint density at radius 1 is 1.35 bits per heavy atom. The average molecular weight is 254 g/mol. The van der Waals surface area contributed by atoms with Crippen LogP contribution in [-0.2, 0) is 6.73 Å². The molecule has 1 heterocycles. The summed E-state index contributed by atoms with van der Waals surface area (Å²) >= 11 is 0. The highest BCUT2D eigenvalue weighted by Crippen LogP contribution is 2.19. The molecular formula is C12H16ClN3O. The first-order valence-electron chi connectivity index (χ1n) is 5.13. The van der Waals surface area contributed by atoms with Gasteiger partial charge < -0.3 is 10.5 Å². The molecule has 0 saturated carbocycles. The molecule has 0 bridgehead atoms. The minimum Gasteiger partial charge on any atom is -0.471 e. The number of nitrogen functional groups attached to an aromatic ring is 1. The predicted octanol–water partition coefficient (Wildman–Crippen LogP) is 2.54. The van der Waals surface area contributed by atoms with Crippen molar-refractivity contribution in [3.8, 4) is 5.75 Å². The molecule has 0 amide bonds. The van der Waals surface area contributed by atoms with Crippen LogP contribution in [0.2, 0.25) is 0 Å². The summed E-state index contributed by atoms with van der Waals surface area (Å²) in [4.78, 5) is 0. The van der Waals surface area contributed by atoms with Crippen LogP contribution in [0.3, 0.4) is 0 Å². The van der Waals surface area contributed by atoms with Crippen LogP contribution in [0.4, 0.5) is 5.69 Å². The van der Waals surface area contributed by atoms with Crippen LogP contribution < -0.4 is 10.5 Å². The van der Waals surface area contributed by atoms with Crippen molar-refractivity contribution >= 4 is 18.1 Å². The molecule has 0 fully saturated rings. The maximum Gasteiger partial charge on any atom is 0.180 e. The van der Waals surface area contributed by atoms with E-state index in [1.54, 1.807) is 17.1 Å². The molecular weight excluding hydrogens is 238 g/mol. The zero-order valence-corrected chi connectivity index (χ0v) is 10.7. The topological polar surface area (TPSA) is 53.1 Å². The van der Waals surface area contributed by atoms with E-state index < -0.39 is 0 Å². The number of benzene rings is 1. The summed E-state index contributed by atoms with van der Waals surface area (Å²) in [6.07, 6.45) is 3.34. The zero-order chi connectivity index (χ0) is 11.5. The van der Waals surface area contributed by atoms with E-state index in [1.165, 1.54) is 5.56 Å². The Morgan fingerprint density at radius 3 is 2.71 bits per heavy atom. The van der Waals surface area contributed by atoms with Gasteiger partial charge in [0.05, 0.1) is 18.1 Å². The summed E-state index contributed by atoms with van der Waals surface area (Å²) in [5.41, 5.74) is 8.56. The lowest BCUT2D eigenvalue weighted by molar-refractivity contribution is 0.219. The second-order valence-corrected chi connectivity index (χ2v) is 3.86. The molecule has 5 heteroatoms. The lowest BCUT2D eigenvalue weighted by atomic mass is 10.1. The zero-order valence-electron chi connectivity index (χ0n) is 9.88. The van der Waals surface area contributed by atoms with Gasteiger partial charge in [0.15, 0.2) is 6.73 Å². The molecule has 0 unspecified atom stereocenters. The molecule has 0 spiro atoms. The molecule has 4 nitrogen and oxygen atoms in total. The van der Waals surface area contributed by atoms with Crippen molar-refractivity contribution in [2.45, 2.75) is 20.6 Å². The molecule has 17 heavy (non-hydrogen) atoms. The van der Waals surface area contributed by atoms with Crippen LogP contribution in [-0.4, -0.2) is 9.78 Å². The van der Waals surface area contributed by atoms with Crippen molar-refractivity contribution < 1.29 is 4.74 Å². The van der Waals surface area contributed by atoms with Crippen molar-refractivity contribution in [3.63, 3.8) is 0 Å². The van der Waals surface area contributed by atoms with E-state index in [1.807, 2.05) is 19.1 Å². The molecule has 0 aliphatic heterocycles. The largest absolute Gasteiger partial charge is 0.471 e. The summed E-state index contributed by atoms with van der Waals surface area (Å²) in [7, 11) is 0. The third-order valence-corrected chi connectivity index (χ3v) is 2.34. The van der Waals surface area contributed by atoms with Gasteiger partial charge in [-0.15, -0.1) is 12.4 Å². The number of hydrogen-bond donors (Lipinski definition) is 1. The lowest BCUT2D eigenvalue weighted by Gasteiger charge is -2.09. The minimum absolute atomic E-state index is 0. The maximum atomic E-state index is 5.64. The van der Waals surface area contributed by atoms with Gasteiger partial charge in [-0.05, 0) is 25.5 Å². The van der Waals surface area contributed by atoms with Gasteiger partial charge in [-0.1, -0.05) is 17.7 Å². The van der Waals surface area contributed by atoms with Gasteiger partial charge in [-0.2, -0.15) is 5.10 Å². The number of hydrogen-bond acceptors (Lipinski definition) is 3. The lowest BCUT2D eigenvalue weighted by Crippen LogP contribution is -2.06. The fraction of sp³-hybridized carbons (Fsp3) is 0.250. The normalized spacial score (nSPS) is 9.76. The summed E-state index contributed by atoms with van der Waals surface area (Å²) in [6, 6.07) is 6.09. The van der Waals surface area contributed by atoms with Crippen LogP contribution in [0.1, 0.15) is 11.1 Å². The summed E-state index contributed by atoms with van der Waals surface area (Å²) < 4.78 is 7.30. The van der Waals surface area contributed by atoms with Gasteiger partial charge in [0.25, 0.3) is 0 Å². The first-order valence-corrected chi connectivity index (χ1v) is 5.13. The van der Waals surface area contributed by atoms with Crippen LogP contribution >= 0.6 is 12.4 Å². The molecule has 1 aromatic carbocycles. The molecule has 0 aliphatic rings. The van der Waals surface area contributed by atoms with Gasteiger partial charge in [0.1, 0.15) is 5.75 Å². The fourth-order valence-electron chi connectivity index (χ4n) is 1.55. The minimum atomic E-state index is 0. The smallest absolute Gasteiger partial charge is 0.180 e. The molecule has 2 aromatic rings. The van der Waals surface area contributed by atoms with Gasteiger partial charge in [-0.25, -0.2) is 4.68 Å². The number of rotatable bonds is 3. The number of halogens is 1. The first-order chi connectivity index (χ1) is 7.65. The fourth-order valence-corrected chi connectivity index (χ4v) is 1.55. The maximum absolute atomic E-state index is 5.64. The molecule has 0 aliphatic carbocycles. The molecule has 2 rings (SSSR count). The van der Waals surface area contributed by atoms with E-state index >= 15 is 0 Å². The Bertz CT molecular complexity index is 496. The van der Waals surface area contributed by atoms with Crippen LogP contribution in [0.5, 0.6) is 5.75 Å². The summed E-state index contributed by atoms with van der Waals surface area (Å²) in [5, 5.41) is 4.04. The van der Waals surface area contributed by atoms with Crippen molar-refractivity contribution in [3.05, 3.63) is 41.7 Å². The second kappa shape index (κ2) is 5.59. The highest BCUT2D eigenvalue weighted by molar-refractivity contribution is 5.85. The predicted molar refractivity (Wildman–Crippen MR) is 70.4 cm³/mol. The highest BCUT2D eigenvalue weighted by atomic mass is 35.5. The summed E-state index contributed by atoms with van der Waals surface area (Å²) in [5.74, 6) is 0.875. The number of nitrogens with zero attached hydrogens (tertiary/aromatic N) is 2. The Balaban J connectivity index is 0.00000144. The van der Waals surface area contributed by atoms with Crippen molar-refractivity contribution in [1.82, 2.24) is 9.78 Å². The van der Waals surface area contributed by atoms with Gasteiger partial charge in [-0.3, -0.25) is 0 Å². The first kappa shape index (κ1) is 13.4. The quantitative estimate of drug-likeness (QED) is 0.915. The van der Waals surface area contributed by atoms with E-state index in [0.29, 0.717) is 12.4 Å². The van der Waals surface area contributed by atoms with Gasteiger partial charge in [0.2, 0.25) is 0 Å². The van der Waals surface area contributed by atoms with Crippen LogP contribution in [0, 0.1) is 13.8 Å². The van der Waals surface area contributed by atoms with E-state index in [4.69, 9.17) is 10.5 Å². The van der Waals surface area contributed by atoms with Crippen molar-refractivity contribution in [2.75, 3.05) is 5.73 Å². The van der Waals surface area contributed by atoms with Crippen LogP contribution in [0.15, 0.2) is 30.6 Å². The average Bonchev–Trinajstić information content (AvgIpc) is 2.63. The number of aromatic nitrogens is 2. The van der Waals surface area contributed by atoms with Gasteiger partial charge >= 0.3 is 0 Å². The SMILES string of the molecule is Cc1ccc(OCn2cc(N)cn2)c(C)c1.Cl. The Morgan fingerprint density at radius 2 is 2.12 bits per heavy atom. The molecule has 0 atom stereocenters. The summed E-state index contributed by atoms with van der Waals surface area (Å²) in [6.45, 7) is 4.46. The van der Waals surface area contributed by atoms with Gasteiger partial charge in [0, 0.05) is 0 Å². The number of anilines is 1. The molecule has 0 radical (unpaired) electrons. The highest BCUT2D eigenvalue weighted by Gasteiger charge is 2.00. The molecule has 2 N–H and O–H groups in total. The van der Waals surface area contributed by atoms with E-state index in [9.17, 15) is 0 Å². The Hall–Kier alpha value is -1.68. The standard InChI is InChI=1S/C12H15N3O.ClH/c1-9-3-4-12(10(2)5-9)16-8-15-7-11(13)6-14-15;/h3-7H,8,13H2,1-2H3;1H. The number of ether oxygens (including phenoxy) is 1. The van der Waals surface area contributed by atoms with E-state index in [2.05, 4.69) is 18.1 Å². The van der Waals surface area contributed by atoms with E-state index in [0.717, 1.165) is 11.3 Å². The van der Waals surface area contributed by atoms with Crippen LogP contribution in [0.25, 0.3) is 0 Å². The number of aryl methyl sites for hydroxylation is 2. The molecule has 0 saturated heterocycles. The Kier molecular flexibility index (Phi) is 4.40.